The molecule has 0 bridgehead atoms. The zero-order valence-electron chi connectivity index (χ0n) is 11.8. The Balaban J connectivity index is 2.11. The van der Waals surface area contributed by atoms with E-state index in [4.69, 9.17) is 15.6 Å². The van der Waals surface area contributed by atoms with Gasteiger partial charge in [-0.2, -0.15) is 0 Å². The van der Waals surface area contributed by atoms with E-state index < -0.39 is 5.97 Å². The first-order chi connectivity index (χ1) is 10.2. The Bertz CT molecular complexity index is 610. The summed E-state index contributed by atoms with van der Waals surface area (Å²) in [5.74, 6) is -0.0425. The maximum atomic E-state index is 10.9. The van der Waals surface area contributed by atoms with Crippen LogP contribution in [0.3, 0.4) is 0 Å². The molecule has 0 heterocycles. The van der Waals surface area contributed by atoms with E-state index in [0.717, 1.165) is 28.9 Å². The lowest BCUT2D eigenvalue weighted by atomic mass is 10.1. The summed E-state index contributed by atoms with van der Waals surface area (Å²) < 4.78 is 5.85. The molecule has 0 saturated heterocycles. The number of carbonyl (C=O) groups is 1. The minimum Gasteiger partial charge on any atom is -0.489 e. The highest BCUT2D eigenvalue weighted by molar-refractivity contribution is 5.70. The van der Waals surface area contributed by atoms with Crippen LogP contribution in [0.15, 0.2) is 48.5 Å². The van der Waals surface area contributed by atoms with Gasteiger partial charge in [0.15, 0.2) is 0 Å². The SMILES string of the molecule is NCCc1ccccc1OCc1ccccc1CC(=O)O. The Morgan fingerprint density at radius 3 is 2.29 bits per heavy atom. The number of carboxylic acid groups (broad SMARTS) is 1. The average Bonchev–Trinajstić information content (AvgIpc) is 2.47. The van der Waals surface area contributed by atoms with Gasteiger partial charge in [-0.15, -0.1) is 0 Å². The Hall–Kier alpha value is -2.33. The van der Waals surface area contributed by atoms with Gasteiger partial charge in [-0.05, 0) is 35.7 Å². The van der Waals surface area contributed by atoms with Crippen LogP contribution in [-0.2, 0) is 24.2 Å². The van der Waals surface area contributed by atoms with E-state index in [2.05, 4.69) is 0 Å². The summed E-state index contributed by atoms with van der Waals surface area (Å²) in [6.07, 6.45) is 0.761. The third kappa shape index (κ3) is 4.33. The van der Waals surface area contributed by atoms with Crippen molar-refractivity contribution in [3.63, 3.8) is 0 Å². The topological polar surface area (TPSA) is 72.5 Å². The van der Waals surface area contributed by atoms with Crippen LogP contribution in [0.2, 0.25) is 0 Å². The number of hydrogen-bond donors (Lipinski definition) is 2. The molecule has 2 rings (SSSR count). The van der Waals surface area contributed by atoms with Crippen molar-refractivity contribution in [2.24, 2.45) is 5.73 Å². The van der Waals surface area contributed by atoms with Crippen molar-refractivity contribution in [2.75, 3.05) is 6.54 Å². The largest absolute Gasteiger partial charge is 0.489 e. The van der Waals surface area contributed by atoms with Crippen LogP contribution in [-0.4, -0.2) is 17.6 Å². The first kappa shape index (κ1) is 15.1. The van der Waals surface area contributed by atoms with Crippen LogP contribution in [0.1, 0.15) is 16.7 Å². The number of carboxylic acids is 1. The number of rotatable bonds is 7. The van der Waals surface area contributed by atoms with Gasteiger partial charge >= 0.3 is 5.97 Å². The fourth-order valence-electron chi connectivity index (χ4n) is 2.20. The monoisotopic (exact) mass is 285 g/mol. The van der Waals surface area contributed by atoms with Crippen molar-refractivity contribution in [3.8, 4) is 5.75 Å². The van der Waals surface area contributed by atoms with Crippen molar-refractivity contribution in [1.82, 2.24) is 0 Å². The second-order valence-electron chi connectivity index (χ2n) is 4.77. The Labute approximate surface area is 124 Å². The first-order valence-electron chi connectivity index (χ1n) is 6.90. The Morgan fingerprint density at radius 2 is 1.62 bits per heavy atom. The summed E-state index contributed by atoms with van der Waals surface area (Å²) in [5.41, 5.74) is 8.33. The smallest absolute Gasteiger partial charge is 0.307 e. The minimum absolute atomic E-state index is 0.00395. The van der Waals surface area contributed by atoms with Gasteiger partial charge in [0.1, 0.15) is 12.4 Å². The maximum Gasteiger partial charge on any atom is 0.307 e. The average molecular weight is 285 g/mol. The second kappa shape index (κ2) is 7.45. The zero-order valence-corrected chi connectivity index (χ0v) is 11.8. The summed E-state index contributed by atoms with van der Waals surface area (Å²) in [6, 6.07) is 15.2. The summed E-state index contributed by atoms with van der Waals surface area (Å²) >= 11 is 0. The lowest BCUT2D eigenvalue weighted by molar-refractivity contribution is -0.136. The lowest BCUT2D eigenvalue weighted by Crippen LogP contribution is -2.08. The molecule has 0 aliphatic rings. The molecule has 3 N–H and O–H groups in total. The van der Waals surface area contributed by atoms with Gasteiger partial charge < -0.3 is 15.6 Å². The molecular weight excluding hydrogens is 266 g/mol. The molecule has 2 aromatic carbocycles. The molecule has 0 amide bonds. The van der Waals surface area contributed by atoms with Crippen LogP contribution >= 0.6 is 0 Å². The highest BCUT2D eigenvalue weighted by atomic mass is 16.5. The highest BCUT2D eigenvalue weighted by Crippen LogP contribution is 2.20. The fraction of sp³-hybridized carbons (Fsp3) is 0.235. The predicted molar refractivity (Wildman–Crippen MR) is 81.3 cm³/mol. The molecule has 0 saturated carbocycles. The van der Waals surface area contributed by atoms with Gasteiger partial charge in [-0.1, -0.05) is 42.5 Å². The highest BCUT2D eigenvalue weighted by Gasteiger charge is 2.08. The molecule has 0 unspecified atom stereocenters. The van der Waals surface area contributed by atoms with Crippen LogP contribution in [0.25, 0.3) is 0 Å². The zero-order chi connectivity index (χ0) is 15.1. The molecule has 0 aromatic heterocycles. The molecular formula is C17H19NO3. The molecule has 0 spiro atoms. The van der Waals surface area contributed by atoms with E-state index in [1.54, 1.807) is 0 Å². The van der Waals surface area contributed by atoms with Crippen LogP contribution in [0.4, 0.5) is 0 Å². The lowest BCUT2D eigenvalue weighted by Gasteiger charge is -2.13. The van der Waals surface area contributed by atoms with E-state index in [9.17, 15) is 4.79 Å². The van der Waals surface area contributed by atoms with E-state index >= 15 is 0 Å². The molecule has 0 atom stereocenters. The van der Waals surface area contributed by atoms with E-state index in [1.165, 1.54) is 0 Å². The van der Waals surface area contributed by atoms with Gasteiger partial charge in [-0.3, -0.25) is 4.79 Å². The number of ether oxygens (including phenoxy) is 1. The van der Waals surface area contributed by atoms with Crippen LogP contribution in [0, 0.1) is 0 Å². The molecule has 0 radical (unpaired) electrons. The number of hydrogen-bond acceptors (Lipinski definition) is 3. The number of para-hydroxylation sites is 1. The molecule has 4 heteroatoms. The van der Waals surface area contributed by atoms with Crippen molar-refractivity contribution in [1.29, 1.82) is 0 Å². The summed E-state index contributed by atoms with van der Waals surface area (Å²) in [7, 11) is 0. The first-order valence-corrected chi connectivity index (χ1v) is 6.90. The number of aliphatic carboxylic acids is 1. The van der Waals surface area contributed by atoms with E-state index in [-0.39, 0.29) is 6.42 Å². The summed E-state index contributed by atoms with van der Waals surface area (Å²) in [6.45, 7) is 0.918. The van der Waals surface area contributed by atoms with Crippen molar-refractivity contribution >= 4 is 5.97 Å². The Kier molecular flexibility index (Phi) is 5.35. The van der Waals surface area contributed by atoms with Crippen LogP contribution < -0.4 is 10.5 Å². The molecule has 0 aliphatic heterocycles. The van der Waals surface area contributed by atoms with E-state index in [0.29, 0.717) is 13.2 Å². The normalized spacial score (nSPS) is 10.3. The number of benzene rings is 2. The quantitative estimate of drug-likeness (QED) is 0.819. The molecule has 2 aromatic rings. The number of nitrogens with two attached hydrogens (primary N) is 1. The van der Waals surface area contributed by atoms with Crippen molar-refractivity contribution in [3.05, 3.63) is 65.2 Å². The van der Waals surface area contributed by atoms with Gasteiger partial charge in [0.25, 0.3) is 0 Å². The predicted octanol–water partition coefficient (Wildman–Crippen LogP) is 2.39. The third-order valence-electron chi connectivity index (χ3n) is 3.23. The molecule has 0 aliphatic carbocycles. The molecule has 110 valence electrons. The fourth-order valence-corrected chi connectivity index (χ4v) is 2.20. The van der Waals surface area contributed by atoms with Gasteiger partial charge in [-0.25, -0.2) is 0 Å². The Morgan fingerprint density at radius 1 is 1.00 bits per heavy atom. The van der Waals surface area contributed by atoms with Gasteiger partial charge in [0.2, 0.25) is 0 Å². The van der Waals surface area contributed by atoms with Crippen LogP contribution in [0.5, 0.6) is 5.75 Å². The summed E-state index contributed by atoms with van der Waals surface area (Å²) in [5, 5.41) is 8.94. The third-order valence-corrected chi connectivity index (χ3v) is 3.23. The molecule has 21 heavy (non-hydrogen) atoms. The molecule has 4 nitrogen and oxygen atoms in total. The minimum atomic E-state index is -0.842. The standard InChI is InChI=1S/C17H19NO3/c18-10-9-13-5-3-4-8-16(13)21-12-15-7-2-1-6-14(15)11-17(19)20/h1-8H,9-12,18H2,(H,19,20). The molecule has 0 fully saturated rings. The van der Waals surface area contributed by atoms with Gasteiger partial charge in [0, 0.05) is 0 Å². The van der Waals surface area contributed by atoms with Crippen molar-refractivity contribution < 1.29 is 14.6 Å². The van der Waals surface area contributed by atoms with E-state index in [1.807, 2.05) is 48.5 Å². The summed E-state index contributed by atoms with van der Waals surface area (Å²) in [4.78, 5) is 10.9. The second-order valence-corrected chi connectivity index (χ2v) is 4.77. The van der Waals surface area contributed by atoms with Gasteiger partial charge in [0.05, 0.1) is 6.42 Å². The van der Waals surface area contributed by atoms with Crippen molar-refractivity contribution in [2.45, 2.75) is 19.4 Å². The maximum absolute atomic E-state index is 10.9.